The molecule has 0 bridgehead atoms. The summed E-state index contributed by atoms with van der Waals surface area (Å²) < 4.78 is 0. The smallest absolute Gasteiger partial charge is 0.326 e. The summed E-state index contributed by atoms with van der Waals surface area (Å²) in [6.07, 6.45) is 2.27. The standard InChI is InChI=1S/C11H14N2O3S/c14-10(4-3-8-6-17-7-12-8)13-5-1-2-9(13)11(15)16/h6-7,9H,1-5H2,(H,15,16). The zero-order valence-corrected chi connectivity index (χ0v) is 10.2. The number of thiazole rings is 1. The maximum Gasteiger partial charge on any atom is 0.326 e. The van der Waals surface area contributed by atoms with Crippen LogP contribution in [0.4, 0.5) is 0 Å². The molecule has 1 amide bonds. The Kier molecular flexibility index (Phi) is 3.73. The fourth-order valence-corrected chi connectivity index (χ4v) is 2.65. The van der Waals surface area contributed by atoms with Gasteiger partial charge in [-0.2, -0.15) is 0 Å². The van der Waals surface area contributed by atoms with E-state index in [1.54, 1.807) is 5.51 Å². The van der Waals surface area contributed by atoms with Gasteiger partial charge >= 0.3 is 5.97 Å². The lowest BCUT2D eigenvalue weighted by molar-refractivity contribution is -0.148. The Labute approximate surface area is 103 Å². The molecule has 1 aliphatic rings. The first kappa shape index (κ1) is 12.0. The molecule has 1 atom stereocenters. The lowest BCUT2D eigenvalue weighted by Crippen LogP contribution is -2.40. The number of aryl methyl sites for hydroxylation is 1. The van der Waals surface area contributed by atoms with Crippen molar-refractivity contribution in [3.63, 3.8) is 0 Å². The van der Waals surface area contributed by atoms with E-state index < -0.39 is 12.0 Å². The minimum atomic E-state index is -0.899. The number of hydrogen-bond acceptors (Lipinski definition) is 4. The van der Waals surface area contributed by atoms with Crippen LogP contribution in [0.15, 0.2) is 10.9 Å². The van der Waals surface area contributed by atoms with E-state index in [1.807, 2.05) is 5.38 Å². The number of nitrogens with zero attached hydrogens (tertiary/aromatic N) is 2. The van der Waals surface area contributed by atoms with E-state index in [-0.39, 0.29) is 5.91 Å². The number of likely N-dealkylation sites (tertiary alicyclic amines) is 1. The molecule has 17 heavy (non-hydrogen) atoms. The Bertz CT molecular complexity index is 405. The van der Waals surface area contributed by atoms with Crippen molar-refractivity contribution >= 4 is 23.2 Å². The van der Waals surface area contributed by atoms with Gasteiger partial charge in [0, 0.05) is 18.3 Å². The maximum atomic E-state index is 11.9. The quantitative estimate of drug-likeness (QED) is 0.875. The molecule has 1 saturated heterocycles. The Hall–Kier alpha value is -1.43. The Morgan fingerprint density at radius 2 is 2.41 bits per heavy atom. The molecule has 1 unspecified atom stereocenters. The average Bonchev–Trinajstić information content (AvgIpc) is 2.96. The summed E-state index contributed by atoms with van der Waals surface area (Å²) >= 11 is 1.50. The molecule has 0 spiro atoms. The van der Waals surface area contributed by atoms with Gasteiger partial charge in [-0.1, -0.05) is 0 Å². The molecule has 1 aliphatic heterocycles. The third-order valence-electron chi connectivity index (χ3n) is 2.94. The molecule has 2 rings (SSSR count). The zero-order valence-electron chi connectivity index (χ0n) is 9.33. The van der Waals surface area contributed by atoms with Crippen molar-refractivity contribution in [2.45, 2.75) is 31.7 Å². The molecule has 5 nitrogen and oxygen atoms in total. The van der Waals surface area contributed by atoms with E-state index in [4.69, 9.17) is 5.11 Å². The van der Waals surface area contributed by atoms with Gasteiger partial charge < -0.3 is 10.0 Å². The lowest BCUT2D eigenvalue weighted by atomic mass is 10.2. The van der Waals surface area contributed by atoms with Crippen molar-refractivity contribution in [3.8, 4) is 0 Å². The first-order valence-electron chi connectivity index (χ1n) is 5.58. The van der Waals surface area contributed by atoms with Gasteiger partial charge in [0.2, 0.25) is 5.91 Å². The normalized spacial score (nSPS) is 19.5. The minimum Gasteiger partial charge on any atom is -0.480 e. The molecule has 1 N–H and O–H groups in total. The molecule has 0 saturated carbocycles. The van der Waals surface area contributed by atoms with Crippen LogP contribution in [0.3, 0.4) is 0 Å². The van der Waals surface area contributed by atoms with Gasteiger partial charge in [0.1, 0.15) is 6.04 Å². The second-order valence-electron chi connectivity index (χ2n) is 4.06. The number of carboxylic acid groups (broad SMARTS) is 1. The summed E-state index contributed by atoms with van der Waals surface area (Å²) in [4.78, 5) is 28.4. The Morgan fingerprint density at radius 3 is 3.06 bits per heavy atom. The Morgan fingerprint density at radius 1 is 1.59 bits per heavy atom. The van der Waals surface area contributed by atoms with Gasteiger partial charge in [-0.05, 0) is 19.3 Å². The van der Waals surface area contributed by atoms with Gasteiger partial charge in [0.25, 0.3) is 0 Å². The highest BCUT2D eigenvalue weighted by Crippen LogP contribution is 2.19. The number of carbonyl (C=O) groups is 2. The molecule has 1 aromatic rings. The fraction of sp³-hybridized carbons (Fsp3) is 0.545. The Balaban J connectivity index is 1.89. The largest absolute Gasteiger partial charge is 0.480 e. The monoisotopic (exact) mass is 254 g/mol. The summed E-state index contributed by atoms with van der Waals surface area (Å²) in [5.74, 6) is -0.979. The lowest BCUT2D eigenvalue weighted by Gasteiger charge is -2.21. The molecule has 0 aromatic carbocycles. The third kappa shape index (κ3) is 2.82. The van der Waals surface area contributed by atoms with Crippen LogP contribution in [0.25, 0.3) is 0 Å². The number of hydrogen-bond donors (Lipinski definition) is 1. The van der Waals surface area contributed by atoms with Crippen LogP contribution < -0.4 is 0 Å². The number of aliphatic carboxylic acids is 1. The summed E-state index contributed by atoms with van der Waals surface area (Å²) in [5.41, 5.74) is 2.63. The first-order chi connectivity index (χ1) is 8.18. The molecule has 1 fully saturated rings. The number of carbonyl (C=O) groups excluding carboxylic acids is 1. The molecule has 1 aromatic heterocycles. The van der Waals surface area contributed by atoms with Crippen molar-refractivity contribution in [3.05, 3.63) is 16.6 Å². The van der Waals surface area contributed by atoms with Crippen LogP contribution in [0, 0.1) is 0 Å². The molecule has 6 heteroatoms. The van der Waals surface area contributed by atoms with Crippen molar-refractivity contribution in [2.75, 3.05) is 6.54 Å². The second-order valence-corrected chi connectivity index (χ2v) is 4.78. The molecule has 92 valence electrons. The maximum absolute atomic E-state index is 11.9. The van der Waals surface area contributed by atoms with Crippen molar-refractivity contribution in [1.29, 1.82) is 0 Å². The van der Waals surface area contributed by atoms with Crippen LogP contribution in [-0.4, -0.2) is 39.5 Å². The van der Waals surface area contributed by atoms with E-state index in [9.17, 15) is 9.59 Å². The zero-order chi connectivity index (χ0) is 12.3. The highest BCUT2D eigenvalue weighted by atomic mass is 32.1. The molecular weight excluding hydrogens is 240 g/mol. The average molecular weight is 254 g/mol. The van der Waals surface area contributed by atoms with E-state index >= 15 is 0 Å². The molecule has 2 heterocycles. The van der Waals surface area contributed by atoms with E-state index in [1.165, 1.54) is 16.2 Å². The predicted molar refractivity (Wildman–Crippen MR) is 62.8 cm³/mol. The summed E-state index contributed by atoms with van der Waals surface area (Å²) in [6, 6.07) is -0.627. The van der Waals surface area contributed by atoms with Crippen LogP contribution in [0.2, 0.25) is 0 Å². The van der Waals surface area contributed by atoms with Gasteiger partial charge in [0.15, 0.2) is 0 Å². The van der Waals surface area contributed by atoms with Gasteiger partial charge in [-0.3, -0.25) is 4.79 Å². The summed E-state index contributed by atoms with van der Waals surface area (Å²) in [6.45, 7) is 0.562. The van der Waals surface area contributed by atoms with Crippen LogP contribution in [0.1, 0.15) is 25.0 Å². The summed E-state index contributed by atoms with van der Waals surface area (Å²) in [5, 5.41) is 10.9. The van der Waals surface area contributed by atoms with Crippen molar-refractivity contribution in [2.24, 2.45) is 0 Å². The van der Waals surface area contributed by atoms with E-state index in [0.29, 0.717) is 25.8 Å². The molecular formula is C11H14N2O3S. The van der Waals surface area contributed by atoms with E-state index in [0.717, 1.165) is 12.1 Å². The van der Waals surface area contributed by atoms with Crippen LogP contribution >= 0.6 is 11.3 Å². The molecule has 0 radical (unpaired) electrons. The van der Waals surface area contributed by atoms with Crippen molar-refractivity contribution in [1.82, 2.24) is 9.88 Å². The number of carboxylic acids is 1. The highest BCUT2D eigenvalue weighted by molar-refractivity contribution is 7.07. The van der Waals surface area contributed by atoms with Crippen LogP contribution in [0.5, 0.6) is 0 Å². The van der Waals surface area contributed by atoms with Gasteiger partial charge in [-0.25, -0.2) is 9.78 Å². The fourth-order valence-electron chi connectivity index (χ4n) is 2.06. The number of aromatic nitrogens is 1. The number of rotatable bonds is 4. The summed E-state index contributed by atoms with van der Waals surface area (Å²) in [7, 11) is 0. The molecule has 0 aliphatic carbocycles. The SMILES string of the molecule is O=C(O)C1CCCN1C(=O)CCc1cscn1. The van der Waals surface area contributed by atoms with Crippen molar-refractivity contribution < 1.29 is 14.7 Å². The van der Waals surface area contributed by atoms with Gasteiger partial charge in [-0.15, -0.1) is 11.3 Å². The first-order valence-corrected chi connectivity index (χ1v) is 6.52. The topological polar surface area (TPSA) is 70.5 Å². The highest BCUT2D eigenvalue weighted by Gasteiger charge is 2.33. The van der Waals surface area contributed by atoms with Gasteiger partial charge in [0.05, 0.1) is 11.2 Å². The predicted octanol–water partition coefficient (Wildman–Crippen LogP) is 1.15. The third-order valence-corrected chi connectivity index (χ3v) is 3.57. The second kappa shape index (κ2) is 5.27. The van der Waals surface area contributed by atoms with Crippen LogP contribution in [-0.2, 0) is 16.0 Å². The van der Waals surface area contributed by atoms with E-state index in [2.05, 4.69) is 4.98 Å². The number of amides is 1. The minimum absolute atomic E-state index is 0.0806.